The molecule has 0 saturated carbocycles. The fraction of sp³-hybridized carbons (Fsp3) is 0.909. The van der Waals surface area contributed by atoms with Crippen LogP contribution in [0.25, 0.3) is 0 Å². The van der Waals surface area contributed by atoms with Crippen LogP contribution in [-0.4, -0.2) is 44.0 Å². The van der Waals surface area contributed by atoms with Gasteiger partial charge >= 0.3 is 0 Å². The number of nitrogens with two attached hydrogens (primary N) is 1. The fourth-order valence-electron chi connectivity index (χ4n) is 2.38. The third-order valence-electron chi connectivity index (χ3n) is 3.22. The molecule has 2 atom stereocenters. The predicted molar refractivity (Wildman–Crippen MR) is 64.6 cm³/mol. The van der Waals surface area contributed by atoms with Gasteiger partial charge in [-0.2, -0.15) is 0 Å². The highest BCUT2D eigenvalue weighted by Gasteiger charge is 2.22. The van der Waals surface area contributed by atoms with Crippen molar-refractivity contribution >= 4 is 5.91 Å². The summed E-state index contributed by atoms with van der Waals surface area (Å²) in [6.07, 6.45) is 2.51. The molecule has 5 heteroatoms. The van der Waals surface area contributed by atoms with E-state index in [1.807, 2.05) is 14.0 Å². The van der Waals surface area contributed by atoms with Gasteiger partial charge in [0.1, 0.15) is 0 Å². The van der Waals surface area contributed by atoms with E-state index in [0.717, 1.165) is 26.2 Å². The third-order valence-corrected chi connectivity index (χ3v) is 3.22. The Hall–Kier alpha value is -0.650. The second-order valence-electron chi connectivity index (χ2n) is 4.74. The number of nitrogens with zero attached hydrogens (tertiary/aromatic N) is 1. The van der Waals surface area contributed by atoms with Gasteiger partial charge in [0.25, 0.3) is 0 Å². The molecule has 1 saturated heterocycles. The quantitative estimate of drug-likeness (QED) is 0.338. The van der Waals surface area contributed by atoms with Gasteiger partial charge in [-0.1, -0.05) is 6.92 Å². The number of likely N-dealkylation sites (tertiary alicyclic amines) is 1. The fourth-order valence-corrected chi connectivity index (χ4v) is 2.38. The molecule has 16 heavy (non-hydrogen) atoms. The molecule has 0 aliphatic carbocycles. The highest BCUT2D eigenvalue weighted by Crippen LogP contribution is 2.16. The number of rotatable bonds is 5. The summed E-state index contributed by atoms with van der Waals surface area (Å²) in [5, 5.41) is 3.22. The molecule has 1 amide bonds. The van der Waals surface area contributed by atoms with Gasteiger partial charge in [-0.15, -0.1) is 0 Å². The van der Waals surface area contributed by atoms with Crippen LogP contribution in [0.4, 0.5) is 0 Å². The maximum absolute atomic E-state index is 11.3. The van der Waals surface area contributed by atoms with E-state index in [2.05, 4.69) is 15.6 Å². The number of hydrogen-bond acceptors (Lipinski definition) is 4. The molecule has 94 valence electrons. The molecule has 0 spiro atoms. The molecule has 0 aromatic carbocycles. The lowest BCUT2D eigenvalue weighted by atomic mass is 9.97. The molecule has 4 N–H and O–H groups in total. The van der Waals surface area contributed by atoms with Crippen LogP contribution in [-0.2, 0) is 4.79 Å². The van der Waals surface area contributed by atoms with Gasteiger partial charge in [-0.3, -0.25) is 10.2 Å². The van der Waals surface area contributed by atoms with Crippen LogP contribution in [0.1, 0.15) is 19.8 Å². The highest BCUT2D eigenvalue weighted by molar-refractivity contribution is 5.77. The van der Waals surface area contributed by atoms with E-state index in [4.69, 9.17) is 5.84 Å². The molecule has 1 heterocycles. The first kappa shape index (κ1) is 13.4. The van der Waals surface area contributed by atoms with E-state index in [0.29, 0.717) is 5.92 Å². The number of hydrogen-bond donors (Lipinski definition) is 3. The van der Waals surface area contributed by atoms with Crippen LogP contribution < -0.4 is 16.6 Å². The van der Waals surface area contributed by atoms with Gasteiger partial charge in [-0.05, 0) is 38.9 Å². The first-order valence-electron chi connectivity index (χ1n) is 6.04. The van der Waals surface area contributed by atoms with Crippen molar-refractivity contribution in [3.05, 3.63) is 0 Å². The number of hydrazine groups is 1. The number of carbonyl (C=O) groups excluding carboxylic acids is 1. The predicted octanol–water partition coefficient (Wildman–Crippen LogP) is -0.456. The van der Waals surface area contributed by atoms with E-state index >= 15 is 0 Å². The van der Waals surface area contributed by atoms with Crippen molar-refractivity contribution in [1.82, 2.24) is 15.6 Å². The number of piperidine rings is 1. The molecule has 1 rings (SSSR count). The summed E-state index contributed by atoms with van der Waals surface area (Å²) in [4.78, 5) is 13.7. The minimum Gasteiger partial charge on any atom is -0.319 e. The summed E-state index contributed by atoms with van der Waals surface area (Å²) >= 11 is 0. The van der Waals surface area contributed by atoms with Crippen LogP contribution in [0.2, 0.25) is 0 Å². The standard InChI is InChI=1S/C11H24N4O/c1-9(11(16)14-12)7-15-5-3-4-10(8-15)6-13-2/h9-10,13H,3-8,12H2,1-2H3,(H,14,16). The van der Waals surface area contributed by atoms with Gasteiger partial charge < -0.3 is 10.2 Å². The summed E-state index contributed by atoms with van der Waals surface area (Å²) in [6, 6.07) is 0. The van der Waals surface area contributed by atoms with E-state index in [9.17, 15) is 4.79 Å². The highest BCUT2D eigenvalue weighted by atomic mass is 16.2. The van der Waals surface area contributed by atoms with E-state index in [1.165, 1.54) is 12.8 Å². The Balaban J connectivity index is 2.33. The first-order valence-corrected chi connectivity index (χ1v) is 6.04. The van der Waals surface area contributed by atoms with E-state index < -0.39 is 0 Å². The smallest absolute Gasteiger partial charge is 0.237 e. The molecule has 1 fully saturated rings. The minimum atomic E-state index is -0.0734. The van der Waals surface area contributed by atoms with Crippen molar-refractivity contribution in [2.75, 3.05) is 33.2 Å². The molecular formula is C11H24N4O. The third kappa shape index (κ3) is 4.08. The first-order chi connectivity index (χ1) is 7.67. The lowest BCUT2D eigenvalue weighted by Crippen LogP contribution is -2.45. The average molecular weight is 228 g/mol. The summed E-state index contributed by atoms with van der Waals surface area (Å²) in [6.45, 7) is 5.98. The molecular weight excluding hydrogens is 204 g/mol. The van der Waals surface area contributed by atoms with Crippen LogP contribution in [0.15, 0.2) is 0 Å². The molecule has 0 radical (unpaired) electrons. The van der Waals surface area contributed by atoms with Crippen LogP contribution in [0.3, 0.4) is 0 Å². The largest absolute Gasteiger partial charge is 0.319 e. The molecule has 2 unspecified atom stereocenters. The van der Waals surface area contributed by atoms with E-state index in [1.54, 1.807) is 0 Å². The second-order valence-corrected chi connectivity index (χ2v) is 4.74. The molecule has 0 bridgehead atoms. The Kier molecular flexibility index (Phi) is 5.73. The van der Waals surface area contributed by atoms with Crippen LogP contribution >= 0.6 is 0 Å². The normalized spacial score (nSPS) is 24.1. The Morgan fingerprint density at radius 1 is 1.62 bits per heavy atom. The van der Waals surface area contributed by atoms with Gasteiger partial charge in [0, 0.05) is 19.0 Å². The summed E-state index contributed by atoms with van der Waals surface area (Å²) < 4.78 is 0. The summed E-state index contributed by atoms with van der Waals surface area (Å²) in [5.74, 6) is 5.74. The molecule has 1 aliphatic rings. The zero-order valence-electron chi connectivity index (χ0n) is 10.3. The van der Waals surface area contributed by atoms with Crippen molar-refractivity contribution in [3.8, 4) is 0 Å². The van der Waals surface area contributed by atoms with Gasteiger partial charge in [0.15, 0.2) is 0 Å². The Morgan fingerprint density at radius 2 is 2.38 bits per heavy atom. The molecule has 1 aliphatic heterocycles. The lowest BCUT2D eigenvalue weighted by Gasteiger charge is -2.33. The zero-order chi connectivity index (χ0) is 12.0. The number of carbonyl (C=O) groups is 1. The van der Waals surface area contributed by atoms with Gasteiger partial charge in [0.05, 0.1) is 0 Å². The minimum absolute atomic E-state index is 0.0293. The molecule has 5 nitrogen and oxygen atoms in total. The SMILES string of the molecule is CNCC1CCCN(CC(C)C(=O)NN)C1. The topological polar surface area (TPSA) is 70.4 Å². The van der Waals surface area contributed by atoms with Crippen molar-refractivity contribution in [1.29, 1.82) is 0 Å². The van der Waals surface area contributed by atoms with Crippen molar-refractivity contribution in [2.24, 2.45) is 17.7 Å². The van der Waals surface area contributed by atoms with E-state index in [-0.39, 0.29) is 11.8 Å². The van der Waals surface area contributed by atoms with Crippen molar-refractivity contribution < 1.29 is 4.79 Å². The molecule has 0 aromatic rings. The molecule has 0 aromatic heterocycles. The van der Waals surface area contributed by atoms with Crippen molar-refractivity contribution in [2.45, 2.75) is 19.8 Å². The van der Waals surface area contributed by atoms with Crippen LogP contribution in [0.5, 0.6) is 0 Å². The Bertz CT molecular complexity index is 220. The van der Waals surface area contributed by atoms with Crippen molar-refractivity contribution in [3.63, 3.8) is 0 Å². The summed E-state index contributed by atoms with van der Waals surface area (Å²) in [5.41, 5.74) is 2.21. The number of nitrogens with one attached hydrogen (secondary N) is 2. The average Bonchev–Trinajstić information content (AvgIpc) is 2.29. The maximum Gasteiger partial charge on any atom is 0.237 e. The lowest BCUT2D eigenvalue weighted by molar-refractivity contribution is -0.125. The second kappa shape index (κ2) is 6.83. The maximum atomic E-state index is 11.3. The monoisotopic (exact) mass is 228 g/mol. The number of amides is 1. The Morgan fingerprint density at radius 3 is 3.00 bits per heavy atom. The van der Waals surface area contributed by atoms with Gasteiger partial charge in [-0.25, -0.2) is 5.84 Å². The van der Waals surface area contributed by atoms with Gasteiger partial charge in [0.2, 0.25) is 5.91 Å². The Labute approximate surface area is 97.7 Å². The zero-order valence-corrected chi connectivity index (χ0v) is 10.3. The van der Waals surface area contributed by atoms with Crippen LogP contribution in [0, 0.1) is 11.8 Å². The summed E-state index contributed by atoms with van der Waals surface area (Å²) in [7, 11) is 1.99.